The highest BCUT2D eigenvalue weighted by molar-refractivity contribution is 5.71. The van der Waals surface area contributed by atoms with Crippen molar-refractivity contribution in [2.75, 3.05) is 13.2 Å². The van der Waals surface area contributed by atoms with E-state index in [9.17, 15) is 14.4 Å². The van der Waals surface area contributed by atoms with Crippen molar-refractivity contribution in [2.45, 2.75) is 380 Å². The lowest BCUT2D eigenvalue weighted by atomic mass is 10.0. The van der Waals surface area contributed by atoms with Gasteiger partial charge in [0.05, 0.1) is 0 Å². The fourth-order valence-electron chi connectivity index (χ4n) is 10.5. The molecule has 80 heavy (non-hydrogen) atoms. The van der Waals surface area contributed by atoms with Crippen LogP contribution < -0.4 is 0 Å². The first-order valence-corrected chi connectivity index (χ1v) is 35.3. The van der Waals surface area contributed by atoms with E-state index in [4.69, 9.17) is 14.2 Å². The van der Waals surface area contributed by atoms with Gasteiger partial charge in [0.25, 0.3) is 0 Å². The van der Waals surface area contributed by atoms with Crippen LogP contribution in [0.2, 0.25) is 0 Å². The molecule has 0 aromatic heterocycles. The molecular weight excluding hydrogens is 985 g/mol. The van der Waals surface area contributed by atoms with Gasteiger partial charge in [-0.05, 0) is 83.5 Å². The number of unbranched alkanes of at least 4 members (excludes halogenated alkanes) is 44. The second kappa shape index (κ2) is 68.6. The molecule has 0 heterocycles. The van der Waals surface area contributed by atoms with E-state index in [0.29, 0.717) is 19.3 Å². The highest BCUT2D eigenvalue weighted by Gasteiger charge is 2.19. The first-order chi connectivity index (χ1) is 39.5. The van der Waals surface area contributed by atoms with Crippen molar-refractivity contribution < 1.29 is 28.6 Å². The van der Waals surface area contributed by atoms with Crippen LogP contribution in [0.4, 0.5) is 0 Å². The summed E-state index contributed by atoms with van der Waals surface area (Å²) in [5.74, 6) is -0.848. The van der Waals surface area contributed by atoms with Crippen LogP contribution in [0.15, 0.2) is 60.8 Å². The summed E-state index contributed by atoms with van der Waals surface area (Å²) < 4.78 is 16.9. The summed E-state index contributed by atoms with van der Waals surface area (Å²) in [6, 6.07) is 0. The number of esters is 3. The van der Waals surface area contributed by atoms with Crippen molar-refractivity contribution in [3.8, 4) is 0 Å². The molecule has 1 atom stereocenters. The summed E-state index contributed by atoms with van der Waals surface area (Å²) in [4.78, 5) is 38.3. The number of ether oxygens (including phenoxy) is 3. The number of allylic oxidation sites excluding steroid dienone is 10. The van der Waals surface area contributed by atoms with Gasteiger partial charge in [-0.25, -0.2) is 0 Å². The van der Waals surface area contributed by atoms with E-state index in [1.54, 1.807) is 0 Å². The third kappa shape index (κ3) is 65.9. The van der Waals surface area contributed by atoms with Crippen molar-refractivity contribution in [1.82, 2.24) is 0 Å². The normalized spacial score (nSPS) is 12.4. The molecule has 0 N–H and O–H groups in total. The van der Waals surface area contributed by atoms with Gasteiger partial charge in [0.1, 0.15) is 13.2 Å². The van der Waals surface area contributed by atoms with Gasteiger partial charge in [0.15, 0.2) is 6.10 Å². The molecule has 0 aromatic rings. The Morgan fingerprint density at radius 2 is 0.487 bits per heavy atom. The van der Waals surface area contributed by atoms with Gasteiger partial charge in [-0.1, -0.05) is 332 Å². The van der Waals surface area contributed by atoms with Crippen LogP contribution in [0, 0.1) is 0 Å². The van der Waals surface area contributed by atoms with Gasteiger partial charge in [-0.3, -0.25) is 14.4 Å². The Morgan fingerprint density at radius 3 is 0.775 bits per heavy atom. The molecule has 466 valence electrons. The van der Waals surface area contributed by atoms with Gasteiger partial charge < -0.3 is 14.2 Å². The van der Waals surface area contributed by atoms with E-state index >= 15 is 0 Å². The Morgan fingerprint density at radius 1 is 0.263 bits per heavy atom. The first kappa shape index (κ1) is 77.1. The van der Waals surface area contributed by atoms with Gasteiger partial charge in [-0.2, -0.15) is 0 Å². The standard InChI is InChI=1S/C74H134O6/c1-4-7-10-13-16-19-22-24-26-28-30-31-32-33-34-35-36-37-38-39-40-41-42-43-45-46-48-50-52-55-58-61-64-67-73(76)79-70-71(69-78-72(75)66-63-60-57-54-21-18-15-12-9-6-3)80-74(77)68-65-62-59-56-53-51-49-47-44-29-27-25-23-20-17-14-11-8-5-2/h7,10,16,19,24-27,30-31,71H,4-6,8-9,11-15,17-18,20-23,28-29,32-70H2,1-3H3/b10-7-,19-16-,26-24-,27-25-,31-30-. The minimum absolute atomic E-state index is 0.0685. The number of carbonyl (C=O) groups excluding carboxylic acids is 3. The van der Waals surface area contributed by atoms with Gasteiger partial charge in [-0.15, -0.1) is 0 Å². The highest BCUT2D eigenvalue weighted by Crippen LogP contribution is 2.18. The van der Waals surface area contributed by atoms with Crippen molar-refractivity contribution in [2.24, 2.45) is 0 Å². The average molecular weight is 1120 g/mol. The third-order valence-electron chi connectivity index (χ3n) is 15.8. The lowest BCUT2D eigenvalue weighted by Gasteiger charge is -2.18. The zero-order valence-corrected chi connectivity index (χ0v) is 53.6. The molecule has 0 bridgehead atoms. The van der Waals surface area contributed by atoms with Crippen molar-refractivity contribution >= 4 is 17.9 Å². The molecule has 0 spiro atoms. The molecular formula is C74H134O6. The molecule has 0 radical (unpaired) electrons. The van der Waals surface area contributed by atoms with Crippen LogP contribution in [0.3, 0.4) is 0 Å². The highest BCUT2D eigenvalue weighted by atomic mass is 16.6. The Balaban J connectivity index is 4.08. The third-order valence-corrected chi connectivity index (χ3v) is 15.8. The minimum Gasteiger partial charge on any atom is -0.462 e. The number of hydrogen-bond acceptors (Lipinski definition) is 6. The second-order valence-electron chi connectivity index (χ2n) is 23.8. The second-order valence-corrected chi connectivity index (χ2v) is 23.8. The van der Waals surface area contributed by atoms with E-state index in [-0.39, 0.29) is 31.1 Å². The van der Waals surface area contributed by atoms with Crippen molar-refractivity contribution in [1.29, 1.82) is 0 Å². The van der Waals surface area contributed by atoms with Gasteiger partial charge in [0, 0.05) is 19.3 Å². The molecule has 6 nitrogen and oxygen atoms in total. The summed E-state index contributed by atoms with van der Waals surface area (Å²) in [6.07, 6.45) is 88.4. The van der Waals surface area contributed by atoms with E-state index in [2.05, 4.69) is 81.5 Å². The Hall–Kier alpha value is -2.89. The maximum Gasteiger partial charge on any atom is 0.306 e. The van der Waals surface area contributed by atoms with Gasteiger partial charge in [0.2, 0.25) is 0 Å². The minimum atomic E-state index is -0.771. The van der Waals surface area contributed by atoms with Crippen LogP contribution in [0.25, 0.3) is 0 Å². The molecule has 0 aromatic carbocycles. The zero-order valence-electron chi connectivity index (χ0n) is 53.6. The molecule has 0 aliphatic carbocycles. The maximum atomic E-state index is 12.9. The molecule has 0 aliphatic rings. The van der Waals surface area contributed by atoms with Crippen LogP contribution in [0.5, 0.6) is 0 Å². The quantitative estimate of drug-likeness (QED) is 0.0261. The fourth-order valence-corrected chi connectivity index (χ4v) is 10.5. The summed E-state index contributed by atoms with van der Waals surface area (Å²) in [6.45, 7) is 6.57. The smallest absolute Gasteiger partial charge is 0.306 e. The lowest BCUT2D eigenvalue weighted by Crippen LogP contribution is -2.30. The largest absolute Gasteiger partial charge is 0.462 e. The van der Waals surface area contributed by atoms with Crippen LogP contribution in [0.1, 0.15) is 374 Å². The van der Waals surface area contributed by atoms with Crippen LogP contribution >= 0.6 is 0 Å². The monoisotopic (exact) mass is 1120 g/mol. The van der Waals surface area contributed by atoms with Gasteiger partial charge >= 0.3 is 17.9 Å². The zero-order chi connectivity index (χ0) is 57.8. The molecule has 1 unspecified atom stereocenters. The number of rotatable bonds is 65. The van der Waals surface area contributed by atoms with E-state index in [1.165, 1.54) is 250 Å². The Bertz CT molecular complexity index is 1430. The fraction of sp³-hybridized carbons (Fsp3) is 0.824. The predicted molar refractivity (Wildman–Crippen MR) is 348 cm³/mol. The average Bonchev–Trinajstić information content (AvgIpc) is 3.46. The van der Waals surface area contributed by atoms with E-state index < -0.39 is 6.10 Å². The van der Waals surface area contributed by atoms with E-state index in [0.717, 1.165) is 83.5 Å². The summed E-state index contributed by atoms with van der Waals surface area (Å²) in [5.41, 5.74) is 0. The molecule has 0 aliphatic heterocycles. The predicted octanol–water partition coefficient (Wildman–Crippen LogP) is 24.3. The molecule has 0 amide bonds. The molecule has 0 saturated carbocycles. The Labute approximate surface area is 498 Å². The summed E-state index contributed by atoms with van der Waals surface area (Å²) >= 11 is 0. The first-order valence-electron chi connectivity index (χ1n) is 35.3. The maximum absolute atomic E-state index is 12.9. The number of hydrogen-bond donors (Lipinski definition) is 0. The summed E-state index contributed by atoms with van der Waals surface area (Å²) in [5, 5.41) is 0. The molecule has 0 saturated heterocycles. The van der Waals surface area contributed by atoms with Crippen molar-refractivity contribution in [3.05, 3.63) is 60.8 Å². The molecule has 0 rings (SSSR count). The topological polar surface area (TPSA) is 78.9 Å². The summed E-state index contributed by atoms with van der Waals surface area (Å²) in [7, 11) is 0. The molecule has 0 fully saturated rings. The van der Waals surface area contributed by atoms with Crippen molar-refractivity contribution in [3.63, 3.8) is 0 Å². The Kier molecular flexibility index (Phi) is 66.1. The number of carbonyl (C=O) groups is 3. The van der Waals surface area contributed by atoms with E-state index in [1.807, 2.05) is 0 Å². The lowest BCUT2D eigenvalue weighted by molar-refractivity contribution is -0.167. The SMILES string of the molecule is CC/C=C\C/C=C\C/C=C\C/C=C\CCCCCCCCCCCCCCCCCCCCCCC(=O)OCC(COC(=O)CCCCCCCCCCCC)OC(=O)CCCCCCCCCCC/C=C\CCCCCCCC. The van der Waals surface area contributed by atoms with Crippen LogP contribution in [-0.2, 0) is 28.6 Å². The van der Waals surface area contributed by atoms with Crippen LogP contribution in [-0.4, -0.2) is 37.2 Å². The molecule has 6 heteroatoms.